The first kappa shape index (κ1) is 13.4. The molecular weight excluding hydrogens is 295 g/mol. The largest absolute Gasteiger partial charge is 0.382 e. The highest BCUT2D eigenvalue weighted by atomic mass is 79.9. The van der Waals surface area contributed by atoms with E-state index in [1.165, 1.54) is 32.1 Å². The molecule has 2 rings (SSSR count). The summed E-state index contributed by atoms with van der Waals surface area (Å²) in [7, 11) is 0. The molecule has 1 aliphatic carbocycles. The maximum atomic E-state index is 13.9. The van der Waals surface area contributed by atoms with Crippen LogP contribution in [0.15, 0.2) is 16.6 Å². The summed E-state index contributed by atoms with van der Waals surface area (Å²) in [6.45, 7) is 0.815. The van der Waals surface area contributed by atoms with Crippen LogP contribution < -0.4 is 5.32 Å². The van der Waals surface area contributed by atoms with Crippen LogP contribution in [0.4, 0.5) is 10.1 Å². The molecular formula is C14H16BrFN2. The average Bonchev–Trinajstić information content (AvgIpc) is 2.42. The summed E-state index contributed by atoms with van der Waals surface area (Å²) in [6, 6.07) is 5.23. The number of halogens is 2. The summed E-state index contributed by atoms with van der Waals surface area (Å²) in [5, 5.41) is 12.0. The molecule has 0 saturated heterocycles. The van der Waals surface area contributed by atoms with Gasteiger partial charge in [-0.3, -0.25) is 0 Å². The van der Waals surface area contributed by atoms with E-state index < -0.39 is 0 Å². The third-order valence-corrected chi connectivity index (χ3v) is 4.28. The zero-order valence-electron chi connectivity index (χ0n) is 10.2. The molecule has 1 aromatic carbocycles. The minimum absolute atomic E-state index is 0.249. The SMILES string of the molecule is N#Cc1ccc(NCC2CCCCC2)c(F)c1Br. The van der Waals surface area contributed by atoms with Crippen molar-refractivity contribution in [1.82, 2.24) is 0 Å². The van der Waals surface area contributed by atoms with Crippen LogP contribution in [0.1, 0.15) is 37.7 Å². The lowest BCUT2D eigenvalue weighted by Gasteiger charge is -2.22. The van der Waals surface area contributed by atoms with Crippen molar-refractivity contribution in [3.05, 3.63) is 28.0 Å². The van der Waals surface area contributed by atoms with Crippen LogP contribution >= 0.6 is 15.9 Å². The van der Waals surface area contributed by atoms with Crippen molar-refractivity contribution in [3.8, 4) is 6.07 Å². The standard InChI is InChI=1S/C14H16BrFN2/c15-13-11(8-17)6-7-12(14(13)16)18-9-10-4-2-1-3-5-10/h6-7,10,18H,1-5,9H2. The van der Waals surface area contributed by atoms with E-state index in [9.17, 15) is 4.39 Å². The monoisotopic (exact) mass is 310 g/mol. The summed E-state index contributed by atoms with van der Waals surface area (Å²) in [5.74, 6) is 0.275. The molecule has 0 bridgehead atoms. The van der Waals surface area contributed by atoms with Gasteiger partial charge in [-0.1, -0.05) is 19.3 Å². The molecule has 1 aromatic rings. The summed E-state index contributed by atoms with van der Waals surface area (Å²) >= 11 is 3.12. The molecule has 0 aliphatic heterocycles. The van der Waals surface area contributed by atoms with E-state index in [-0.39, 0.29) is 10.3 Å². The van der Waals surface area contributed by atoms with Crippen LogP contribution in [0, 0.1) is 23.1 Å². The summed E-state index contributed by atoms with van der Waals surface area (Å²) in [4.78, 5) is 0. The van der Waals surface area contributed by atoms with Crippen molar-refractivity contribution in [3.63, 3.8) is 0 Å². The molecule has 0 radical (unpaired) electrons. The Labute approximate surface area is 115 Å². The molecule has 0 heterocycles. The smallest absolute Gasteiger partial charge is 0.161 e. The number of nitrogens with zero attached hydrogens (tertiary/aromatic N) is 1. The van der Waals surface area contributed by atoms with Crippen molar-refractivity contribution in [2.45, 2.75) is 32.1 Å². The number of nitrogens with one attached hydrogen (secondary N) is 1. The fraction of sp³-hybridized carbons (Fsp3) is 0.500. The van der Waals surface area contributed by atoms with Crippen molar-refractivity contribution >= 4 is 21.6 Å². The fourth-order valence-corrected chi connectivity index (χ4v) is 2.85. The van der Waals surface area contributed by atoms with Crippen molar-refractivity contribution in [1.29, 1.82) is 5.26 Å². The average molecular weight is 311 g/mol. The third kappa shape index (κ3) is 3.02. The molecule has 18 heavy (non-hydrogen) atoms. The molecule has 1 fully saturated rings. The fourth-order valence-electron chi connectivity index (χ4n) is 2.42. The Kier molecular flexibility index (Phi) is 4.60. The second-order valence-corrected chi connectivity index (χ2v) is 5.58. The van der Waals surface area contributed by atoms with Crippen LogP contribution in [0.2, 0.25) is 0 Å². The summed E-state index contributed by atoms with van der Waals surface area (Å²) < 4.78 is 14.2. The third-order valence-electron chi connectivity index (χ3n) is 3.51. The maximum absolute atomic E-state index is 13.9. The predicted octanol–water partition coefficient (Wildman–Crippen LogP) is 4.45. The Morgan fingerprint density at radius 3 is 2.72 bits per heavy atom. The maximum Gasteiger partial charge on any atom is 0.161 e. The van der Waals surface area contributed by atoms with Gasteiger partial charge in [-0.2, -0.15) is 5.26 Å². The second kappa shape index (κ2) is 6.19. The van der Waals surface area contributed by atoms with Gasteiger partial charge in [0.15, 0.2) is 5.82 Å². The zero-order chi connectivity index (χ0) is 13.0. The topological polar surface area (TPSA) is 35.8 Å². The second-order valence-electron chi connectivity index (χ2n) is 4.79. The van der Waals surface area contributed by atoms with Crippen LogP contribution in [-0.2, 0) is 0 Å². The van der Waals surface area contributed by atoms with Crippen LogP contribution in [0.5, 0.6) is 0 Å². The van der Waals surface area contributed by atoms with Gasteiger partial charge in [0.05, 0.1) is 15.7 Å². The molecule has 96 valence electrons. The van der Waals surface area contributed by atoms with Crippen LogP contribution in [-0.4, -0.2) is 6.54 Å². The first-order valence-electron chi connectivity index (χ1n) is 6.34. The molecule has 0 spiro atoms. The summed E-state index contributed by atoms with van der Waals surface area (Å²) in [6.07, 6.45) is 6.35. The normalized spacial score (nSPS) is 16.3. The van der Waals surface area contributed by atoms with Crippen molar-refractivity contribution in [2.24, 2.45) is 5.92 Å². The van der Waals surface area contributed by atoms with E-state index in [0.29, 0.717) is 17.2 Å². The van der Waals surface area contributed by atoms with E-state index in [4.69, 9.17) is 5.26 Å². The molecule has 1 N–H and O–H groups in total. The lowest BCUT2D eigenvalue weighted by Crippen LogP contribution is -2.17. The van der Waals surface area contributed by atoms with Gasteiger partial charge < -0.3 is 5.32 Å². The molecule has 2 nitrogen and oxygen atoms in total. The molecule has 0 atom stereocenters. The molecule has 1 saturated carbocycles. The number of hydrogen-bond donors (Lipinski definition) is 1. The Bertz CT molecular complexity index is 462. The number of benzene rings is 1. The van der Waals surface area contributed by atoms with Gasteiger partial charge in [-0.05, 0) is 46.8 Å². The molecule has 0 aromatic heterocycles. The Hall–Kier alpha value is -1.08. The van der Waals surface area contributed by atoms with Gasteiger partial charge in [0, 0.05) is 6.54 Å². The number of hydrogen-bond acceptors (Lipinski definition) is 2. The lowest BCUT2D eigenvalue weighted by atomic mass is 9.89. The first-order valence-corrected chi connectivity index (χ1v) is 7.13. The Balaban J connectivity index is 2.01. The summed E-state index contributed by atoms with van der Waals surface area (Å²) in [5.41, 5.74) is 0.808. The van der Waals surface area contributed by atoms with Gasteiger partial charge in [0.25, 0.3) is 0 Å². The highest BCUT2D eigenvalue weighted by Crippen LogP contribution is 2.28. The van der Waals surface area contributed by atoms with Gasteiger partial charge >= 0.3 is 0 Å². The van der Waals surface area contributed by atoms with Crippen LogP contribution in [0.3, 0.4) is 0 Å². The molecule has 4 heteroatoms. The van der Waals surface area contributed by atoms with E-state index in [1.54, 1.807) is 12.1 Å². The van der Waals surface area contributed by atoms with E-state index in [0.717, 1.165) is 6.54 Å². The minimum Gasteiger partial charge on any atom is -0.382 e. The van der Waals surface area contributed by atoms with E-state index in [2.05, 4.69) is 21.2 Å². The van der Waals surface area contributed by atoms with Gasteiger partial charge in [-0.25, -0.2) is 4.39 Å². The van der Waals surface area contributed by atoms with Crippen LogP contribution in [0.25, 0.3) is 0 Å². The van der Waals surface area contributed by atoms with Gasteiger partial charge in [0.2, 0.25) is 0 Å². The lowest BCUT2D eigenvalue weighted by molar-refractivity contribution is 0.373. The van der Waals surface area contributed by atoms with E-state index >= 15 is 0 Å². The minimum atomic E-state index is -0.371. The molecule has 1 aliphatic rings. The quantitative estimate of drug-likeness (QED) is 0.895. The molecule has 0 unspecified atom stereocenters. The van der Waals surface area contributed by atoms with Crippen molar-refractivity contribution < 1.29 is 4.39 Å². The van der Waals surface area contributed by atoms with Crippen molar-refractivity contribution in [2.75, 3.05) is 11.9 Å². The number of anilines is 1. The number of rotatable bonds is 3. The number of nitriles is 1. The Morgan fingerprint density at radius 2 is 2.06 bits per heavy atom. The zero-order valence-corrected chi connectivity index (χ0v) is 11.8. The van der Waals surface area contributed by atoms with E-state index in [1.807, 2.05) is 6.07 Å². The first-order chi connectivity index (χ1) is 8.72. The highest BCUT2D eigenvalue weighted by molar-refractivity contribution is 9.10. The van der Waals surface area contributed by atoms with Gasteiger partial charge in [-0.15, -0.1) is 0 Å². The highest BCUT2D eigenvalue weighted by Gasteiger charge is 2.15. The molecule has 0 amide bonds. The Morgan fingerprint density at radius 1 is 1.33 bits per heavy atom. The predicted molar refractivity (Wildman–Crippen MR) is 73.9 cm³/mol. The van der Waals surface area contributed by atoms with Gasteiger partial charge in [0.1, 0.15) is 6.07 Å².